The van der Waals surface area contributed by atoms with Gasteiger partial charge >= 0.3 is 11.9 Å². The molecule has 0 spiro atoms. The molecule has 0 bridgehead atoms. The fraction of sp³-hybridized carbons (Fsp3) is 0.579. The number of carbonyl (C=O) groups is 12. The first-order chi connectivity index (χ1) is 41.2. The molecule has 19 N–H and O–H groups in total. The van der Waals surface area contributed by atoms with E-state index in [0.717, 1.165) is 0 Å². The summed E-state index contributed by atoms with van der Waals surface area (Å²) in [5, 5.41) is 62.2. The molecule has 0 unspecified atom stereocenters. The third kappa shape index (κ3) is 28.2. The van der Waals surface area contributed by atoms with Gasteiger partial charge in [0.05, 0.1) is 12.6 Å². The Labute approximate surface area is 515 Å². The third-order valence-corrected chi connectivity index (χ3v) is 14.8. The Morgan fingerprint density at radius 1 is 0.552 bits per heavy atom. The maximum Gasteiger partial charge on any atom is 0.326 e. The standard InChI is InChI=1S/C57H88N12O16S2/c1-6-32(4)47(57(84)85)69-54(81)42(28-34-15-17-35(71)18-16-34)66-53(80)41(27-33-12-8-7-9-13-33)65-49(76)37(14-10-11-24-58)61-55(82)43(29-70)67-50(77)38(20-21-45(60)72)62-51(78)39(23-25-87-5)63-52(79)40(26-31(2)3)64-56(83)44(30-86)68-48(75)36(59)19-22-46(73)74/h7-9,12-13,15-18,31-32,36-44,47,70-71,86H,6,10-11,14,19-30,58-59H2,1-5H3,(H2,60,72)(H,61,82)(H,62,78)(H,63,79)(H,64,83)(H,65,76)(H,66,80)(H,67,77)(H,68,75)(H,69,81)(H,73,74)(H,84,85)/t32-,36-,37-,38-,39-,40-,41-,42-,43-,44-,47-/m0/s1. The smallest absolute Gasteiger partial charge is 0.326 e. The van der Waals surface area contributed by atoms with Crippen LogP contribution in [0, 0.1) is 11.8 Å². The molecule has 0 aliphatic carbocycles. The highest BCUT2D eigenvalue weighted by molar-refractivity contribution is 7.98. The molecule has 0 aliphatic rings. The van der Waals surface area contributed by atoms with Crippen molar-refractivity contribution in [3.63, 3.8) is 0 Å². The fourth-order valence-corrected chi connectivity index (χ4v) is 9.31. The predicted molar refractivity (Wildman–Crippen MR) is 326 cm³/mol. The lowest BCUT2D eigenvalue weighted by Crippen LogP contribution is -2.61. The van der Waals surface area contributed by atoms with Gasteiger partial charge in [-0.3, -0.25) is 52.7 Å². The average Bonchev–Trinajstić information content (AvgIpc) is 3.57. The van der Waals surface area contributed by atoms with Crippen molar-refractivity contribution >= 4 is 95.4 Å². The van der Waals surface area contributed by atoms with Crippen LogP contribution in [0.1, 0.15) is 103 Å². The summed E-state index contributed by atoms with van der Waals surface area (Å²) in [5.41, 5.74) is 18.1. The summed E-state index contributed by atoms with van der Waals surface area (Å²) in [6, 6.07) is -0.180. The summed E-state index contributed by atoms with van der Waals surface area (Å²) >= 11 is 5.46. The first kappa shape index (κ1) is 75.6. The second-order valence-electron chi connectivity index (χ2n) is 21.4. The van der Waals surface area contributed by atoms with Crippen LogP contribution in [0.4, 0.5) is 0 Å². The van der Waals surface area contributed by atoms with Crippen LogP contribution in [0.3, 0.4) is 0 Å². The molecule has 87 heavy (non-hydrogen) atoms. The van der Waals surface area contributed by atoms with Gasteiger partial charge in [-0.2, -0.15) is 24.4 Å². The average molecular weight is 1260 g/mol. The molecule has 0 radical (unpaired) electrons. The van der Waals surface area contributed by atoms with Crippen molar-refractivity contribution in [1.82, 2.24) is 47.9 Å². The van der Waals surface area contributed by atoms with Gasteiger partial charge in [-0.25, -0.2) is 4.79 Å². The van der Waals surface area contributed by atoms with Crippen LogP contribution >= 0.6 is 24.4 Å². The number of amides is 10. The number of thioether (sulfide) groups is 1. The van der Waals surface area contributed by atoms with Gasteiger partial charge in [0.15, 0.2) is 0 Å². The Kier molecular flexibility index (Phi) is 34.8. The van der Waals surface area contributed by atoms with E-state index in [4.69, 9.17) is 22.3 Å². The number of aliphatic hydroxyl groups is 1. The van der Waals surface area contributed by atoms with E-state index in [9.17, 15) is 72.9 Å². The first-order valence-electron chi connectivity index (χ1n) is 28.6. The van der Waals surface area contributed by atoms with Gasteiger partial charge < -0.3 is 85.5 Å². The van der Waals surface area contributed by atoms with E-state index in [1.165, 1.54) is 36.0 Å². The number of aliphatic carboxylic acids is 2. The number of hydrogen-bond donors (Lipinski definition) is 17. The van der Waals surface area contributed by atoms with Crippen LogP contribution < -0.4 is 65.1 Å². The van der Waals surface area contributed by atoms with Gasteiger partial charge in [-0.05, 0) is 98.6 Å². The van der Waals surface area contributed by atoms with E-state index in [1.54, 1.807) is 64.3 Å². The molecule has 2 aromatic rings. The van der Waals surface area contributed by atoms with Crippen LogP contribution in [0.5, 0.6) is 5.75 Å². The van der Waals surface area contributed by atoms with Crippen molar-refractivity contribution in [1.29, 1.82) is 0 Å². The Morgan fingerprint density at radius 2 is 1.00 bits per heavy atom. The van der Waals surface area contributed by atoms with Gasteiger partial charge in [0.25, 0.3) is 0 Å². The molecule has 2 aromatic carbocycles. The molecule has 0 fully saturated rings. The van der Waals surface area contributed by atoms with Crippen molar-refractivity contribution in [3.8, 4) is 5.75 Å². The van der Waals surface area contributed by atoms with Gasteiger partial charge in [-0.1, -0.05) is 76.6 Å². The Morgan fingerprint density at radius 3 is 1.48 bits per heavy atom. The normalized spacial score (nSPS) is 14.9. The summed E-state index contributed by atoms with van der Waals surface area (Å²) < 4.78 is 0. The van der Waals surface area contributed by atoms with Gasteiger partial charge in [0.1, 0.15) is 60.1 Å². The largest absolute Gasteiger partial charge is 0.508 e. The lowest BCUT2D eigenvalue weighted by Gasteiger charge is -2.28. The number of phenolic OH excluding ortho intramolecular Hbond substituents is 1. The SMILES string of the molecule is CC[C@H](C)[C@H](NC(=O)[C@H](Cc1ccc(O)cc1)NC(=O)[C@H](Cc1ccccc1)NC(=O)[C@H](CCCCN)NC(=O)[C@H](CO)NC(=O)[C@H](CCC(N)=O)NC(=O)[C@H](CCSC)NC(=O)[C@H](CC(C)C)NC(=O)[C@H](CS)NC(=O)[C@@H](N)CCC(=O)O)C(=O)O. The van der Waals surface area contributed by atoms with Crippen LogP contribution in [-0.4, -0.2) is 183 Å². The lowest BCUT2D eigenvalue weighted by atomic mass is 9.97. The zero-order chi connectivity index (χ0) is 65.3. The summed E-state index contributed by atoms with van der Waals surface area (Å²) in [7, 11) is 0. The van der Waals surface area contributed by atoms with Gasteiger partial charge in [0, 0.05) is 31.4 Å². The molecule has 30 heteroatoms. The third-order valence-electron chi connectivity index (χ3n) is 13.8. The number of nitrogens with two attached hydrogens (primary N) is 3. The van der Waals surface area contributed by atoms with E-state index in [-0.39, 0.29) is 74.7 Å². The second-order valence-corrected chi connectivity index (χ2v) is 22.7. The van der Waals surface area contributed by atoms with E-state index in [1.807, 2.05) is 0 Å². The minimum atomic E-state index is -1.82. The van der Waals surface area contributed by atoms with Crippen molar-refractivity contribution < 1.29 is 78.0 Å². The minimum Gasteiger partial charge on any atom is -0.508 e. The number of carboxylic acid groups (broad SMARTS) is 2. The maximum absolute atomic E-state index is 14.5. The highest BCUT2D eigenvalue weighted by Gasteiger charge is 2.36. The van der Waals surface area contributed by atoms with Crippen molar-refractivity contribution in [2.45, 2.75) is 165 Å². The number of carbonyl (C=O) groups excluding carboxylic acids is 10. The first-order valence-corrected chi connectivity index (χ1v) is 30.7. The molecule has 0 saturated heterocycles. The monoisotopic (exact) mass is 1260 g/mol. The maximum atomic E-state index is 14.5. The predicted octanol–water partition coefficient (Wildman–Crippen LogP) is -2.02. The summed E-state index contributed by atoms with van der Waals surface area (Å²) in [6.45, 7) is 6.01. The number of carboxylic acids is 2. The molecule has 10 amide bonds. The highest BCUT2D eigenvalue weighted by atomic mass is 32.2. The number of nitrogens with one attached hydrogen (secondary N) is 9. The Balaban J connectivity index is 2.46. The number of hydrogen-bond acceptors (Lipinski definition) is 18. The molecule has 484 valence electrons. The lowest BCUT2D eigenvalue weighted by molar-refractivity contribution is -0.144. The summed E-state index contributed by atoms with van der Waals surface area (Å²) in [4.78, 5) is 161. The minimum absolute atomic E-state index is 0.0285. The van der Waals surface area contributed by atoms with E-state index >= 15 is 0 Å². The van der Waals surface area contributed by atoms with E-state index < -0.39 is 163 Å². The zero-order valence-electron chi connectivity index (χ0n) is 49.7. The number of aromatic hydroxyl groups is 1. The molecule has 28 nitrogen and oxygen atoms in total. The number of phenols is 1. The molecule has 0 aliphatic heterocycles. The Bertz CT molecular complexity index is 2610. The van der Waals surface area contributed by atoms with Crippen LogP contribution in [0.25, 0.3) is 0 Å². The molecule has 11 atom stereocenters. The number of benzene rings is 2. The zero-order valence-corrected chi connectivity index (χ0v) is 51.4. The summed E-state index contributed by atoms with van der Waals surface area (Å²) in [5.74, 6) is -12.4. The van der Waals surface area contributed by atoms with Crippen LogP contribution in [0.15, 0.2) is 54.6 Å². The number of rotatable bonds is 42. The van der Waals surface area contributed by atoms with Gasteiger partial charge in [0.2, 0.25) is 59.1 Å². The van der Waals surface area contributed by atoms with E-state index in [2.05, 4.69) is 60.5 Å². The molecule has 0 aromatic heterocycles. The Hall–Kier alpha value is -7.54. The number of primary amides is 1. The fourth-order valence-electron chi connectivity index (χ4n) is 8.58. The quantitative estimate of drug-likeness (QED) is 0.0252. The molecular formula is C57H88N12O16S2. The van der Waals surface area contributed by atoms with Gasteiger partial charge in [-0.15, -0.1) is 0 Å². The second kappa shape index (κ2) is 40.0. The number of unbranched alkanes of at least 4 members (excludes halogenated alkanes) is 1. The van der Waals surface area contributed by atoms with Crippen molar-refractivity contribution in [3.05, 3.63) is 65.7 Å². The number of thiol groups is 1. The molecule has 0 saturated carbocycles. The summed E-state index contributed by atoms with van der Waals surface area (Å²) in [6.07, 6.45) is 0.771. The molecule has 2 rings (SSSR count). The van der Waals surface area contributed by atoms with Crippen molar-refractivity contribution in [2.24, 2.45) is 29.0 Å². The molecular weight excluding hydrogens is 1170 g/mol. The highest BCUT2D eigenvalue weighted by Crippen LogP contribution is 2.16. The van der Waals surface area contributed by atoms with Crippen LogP contribution in [0.2, 0.25) is 0 Å². The van der Waals surface area contributed by atoms with E-state index in [0.29, 0.717) is 24.0 Å². The molecule has 0 heterocycles. The topological polar surface area (TPSA) is 472 Å². The number of aliphatic hydroxyl groups excluding tert-OH is 1. The van der Waals surface area contributed by atoms with Crippen LogP contribution in [-0.2, 0) is 70.4 Å². The van der Waals surface area contributed by atoms with Crippen molar-refractivity contribution in [2.75, 3.05) is 30.9 Å².